The summed E-state index contributed by atoms with van der Waals surface area (Å²) in [5.74, 6) is -0.267. The molecule has 92 valence electrons. The van der Waals surface area contributed by atoms with Gasteiger partial charge in [0.25, 0.3) is 5.91 Å². The summed E-state index contributed by atoms with van der Waals surface area (Å²) in [5.41, 5.74) is 0.217. The Morgan fingerprint density at radius 3 is 3.06 bits per heavy atom. The minimum atomic E-state index is -0.325. The van der Waals surface area contributed by atoms with Crippen LogP contribution in [0.2, 0.25) is 5.15 Å². The lowest BCUT2D eigenvalue weighted by molar-refractivity contribution is -0.0186. The largest absolute Gasteiger partial charge is 0.394 e. The lowest BCUT2D eigenvalue weighted by atomic mass is 10.2. The number of ether oxygens (including phenoxy) is 1. The summed E-state index contributed by atoms with van der Waals surface area (Å²) in [4.78, 5) is 21.4. The lowest BCUT2D eigenvalue weighted by Gasteiger charge is -2.34. The molecule has 1 fully saturated rings. The van der Waals surface area contributed by atoms with Gasteiger partial charge in [0.05, 0.1) is 38.3 Å². The molecular weight excluding hydrogens is 246 g/mol. The first-order chi connectivity index (χ1) is 8.22. The lowest BCUT2D eigenvalue weighted by Crippen LogP contribution is -2.50. The van der Waals surface area contributed by atoms with Crippen molar-refractivity contribution in [2.45, 2.75) is 6.04 Å². The molecule has 0 aliphatic carbocycles. The summed E-state index contributed by atoms with van der Waals surface area (Å²) in [6.45, 7) is 1.10. The van der Waals surface area contributed by atoms with Crippen LogP contribution in [0.1, 0.15) is 10.5 Å². The van der Waals surface area contributed by atoms with E-state index in [4.69, 9.17) is 16.3 Å². The molecule has 0 bridgehead atoms. The number of morpholine rings is 1. The van der Waals surface area contributed by atoms with E-state index in [2.05, 4.69) is 9.97 Å². The molecule has 7 heteroatoms. The quantitative estimate of drug-likeness (QED) is 0.805. The van der Waals surface area contributed by atoms with Crippen LogP contribution in [0.5, 0.6) is 0 Å². The Morgan fingerprint density at radius 2 is 2.41 bits per heavy atom. The Morgan fingerprint density at radius 1 is 1.59 bits per heavy atom. The summed E-state index contributed by atoms with van der Waals surface area (Å²) in [7, 11) is 0. The SMILES string of the molecule is O=C(c1cnc(Cl)cn1)N1CCOCC1CO. The number of amides is 1. The first-order valence-electron chi connectivity index (χ1n) is 5.19. The number of hydrogen-bond acceptors (Lipinski definition) is 5. The van der Waals surface area contributed by atoms with Crippen molar-refractivity contribution in [2.24, 2.45) is 0 Å². The van der Waals surface area contributed by atoms with Crippen LogP contribution in [0.3, 0.4) is 0 Å². The minimum absolute atomic E-state index is 0.132. The maximum absolute atomic E-state index is 12.1. The fourth-order valence-electron chi connectivity index (χ4n) is 1.64. The molecule has 0 radical (unpaired) electrons. The number of rotatable bonds is 2. The van der Waals surface area contributed by atoms with Crippen LogP contribution >= 0.6 is 11.6 Å². The van der Waals surface area contributed by atoms with Gasteiger partial charge >= 0.3 is 0 Å². The van der Waals surface area contributed by atoms with Gasteiger partial charge in [-0.05, 0) is 0 Å². The fraction of sp³-hybridized carbons (Fsp3) is 0.500. The molecule has 1 aliphatic rings. The molecule has 0 spiro atoms. The zero-order chi connectivity index (χ0) is 12.3. The Balaban J connectivity index is 2.15. The maximum Gasteiger partial charge on any atom is 0.274 e. The highest BCUT2D eigenvalue weighted by atomic mass is 35.5. The predicted octanol–water partition coefficient (Wildman–Crippen LogP) is -0.0367. The van der Waals surface area contributed by atoms with Crippen LogP contribution in [-0.2, 0) is 4.74 Å². The van der Waals surface area contributed by atoms with Crippen LogP contribution in [-0.4, -0.2) is 58.3 Å². The predicted molar refractivity (Wildman–Crippen MR) is 59.8 cm³/mol. The van der Waals surface area contributed by atoms with Gasteiger partial charge in [-0.1, -0.05) is 11.6 Å². The van der Waals surface area contributed by atoms with Crippen LogP contribution in [0, 0.1) is 0 Å². The van der Waals surface area contributed by atoms with E-state index in [0.717, 1.165) is 0 Å². The number of aliphatic hydroxyl groups is 1. The number of carbonyl (C=O) groups is 1. The number of hydrogen-bond donors (Lipinski definition) is 1. The maximum atomic E-state index is 12.1. The average Bonchev–Trinajstić information content (AvgIpc) is 2.39. The number of halogens is 1. The molecule has 17 heavy (non-hydrogen) atoms. The van der Waals surface area contributed by atoms with Crippen molar-refractivity contribution < 1.29 is 14.6 Å². The van der Waals surface area contributed by atoms with E-state index < -0.39 is 0 Å². The van der Waals surface area contributed by atoms with Crippen molar-refractivity contribution in [1.82, 2.24) is 14.9 Å². The van der Waals surface area contributed by atoms with Crippen molar-refractivity contribution >= 4 is 17.5 Å². The third kappa shape index (κ3) is 2.71. The van der Waals surface area contributed by atoms with Crippen LogP contribution < -0.4 is 0 Å². The van der Waals surface area contributed by atoms with Crippen molar-refractivity contribution in [3.05, 3.63) is 23.2 Å². The Labute approximate surface area is 103 Å². The van der Waals surface area contributed by atoms with Crippen LogP contribution in [0.4, 0.5) is 0 Å². The second-order valence-electron chi connectivity index (χ2n) is 3.63. The highest BCUT2D eigenvalue weighted by molar-refractivity contribution is 6.29. The van der Waals surface area contributed by atoms with Gasteiger partial charge in [0.2, 0.25) is 0 Å². The third-order valence-corrected chi connectivity index (χ3v) is 2.73. The van der Waals surface area contributed by atoms with Crippen molar-refractivity contribution in [2.75, 3.05) is 26.4 Å². The average molecular weight is 258 g/mol. The molecule has 1 N–H and O–H groups in total. The van der Waals surface area contributed by atoms with E-state index in [9.17, 15) is 9.90 Å². The van der Waals surface area contributed by atoms with E-state index in [-0.39, 0.29) is 29.4 Å². The summed E-state index contributed by atoms with van der Waals surface area (Å²) < 4.78 is 5.20. The first kappa shape index (κ1) is 12.2. The first-order valence-corrected chi connectivity index (χ1v) is 5.57. The monoisotopic (exact) mass is 257 g/mol. The molecule has 1 aromatic heterocycles. The molecule has 0 aromatic carbocycles. The van der Waals surface area contributed by atoms with Crippen molar-refractivity contribution in [1.29, 1.82) is 0 Å². The van der Waals surface area contributed by atoms with Gasteiger partial charge in [0, 0.05) is 6.54 Å². The smallest absolute Gasteiger partial charge is 0.274 e. The van der Waals surface area contributed by atoms with Crippen LogP contribution in [0.25, 0.3) is 0 Å². The van der Waals surface area contributed by atoms with Crippen LogP contribution in [0.15, 0.2) is 12.4 Å². The molecule has 1 unspecified atom stereocenters. The molecule has 1 aromatic rings. The highest BCUT2D eigenvalue weighted by Crippen LogP contribution is 2.11. The van der Waals surface area contributed by atoms with Gasteiger partial charge < -0.3 is 14.7 Å². The van der Waals surface area contributed by atoms with E-state index >= 15 is 0 Å². The standard InChI is InChI=1S/C10H12ClN3O3/c11-9-4-12-8(3-13-9)10(16)14-1-2-17-6-7(14)5-15/h3-4,7,15H,1-2,5-6H2. The number of nitrogens with zero attached hydrogens (tertiary/aromatic N) is 3. The summed E-state index contributed by atoms with van der Waals surface area (Å²) >= 11 is 5.60. The van der Waals surface area contributed by atoms with Gasteiger partial charge in [-0.25, -0.2) is 9.97 Å². The molecule has 6 nitrogen and oxygen atoms in total. The number of aromatic nitrogens is 2. The third-order valence-electron chi connectivity index (χ3n) is 2.54. The van der Waals surface area contributed by atoms with E-state index in [1.54, 1.807) is 4.90 Å². The Kier molecular flexibility index (Phi) is 3.88. The Bertz CT molecular complexity index is 398. The zero-order valence-electron chi connectivity index (χ0n) is 9.04. The fourth-order valence-corrected chi connectivity index (χ4v) is 1.74. The Hall–Kier alpha value is -1.24. The number of aliphatic hydroxyl groups excluding tert-OH is 1. The van der Waals surface area contributed by atoms with Gasteiger partial charge in [-0.2, -0.15) is 0 Å². The molecule has 1 amide bonds. The molecular formula is C10H12ClN3O3. The van der Waals surface area contributed by atoms with Gasteiger partial charge in [0.15, 0.2) is 0 Å². The van der Waals surface area contributed by atoms with E-state index in [1.165, 1.54) is 12.4 Å². The normalized spacial score (nSPS) is 20.4. The molecule has 1 atom stereocenters. The summed E-state index contributed by atoms with van der Waals surface area (Å²) in [6.07, 6.45) is 2.65. The highest BCUT2D eigenvalue weighted by Gasteiger charge is 2.28. The van der Waals surface area contributed by atoms with Gasteiger partial charge in [-0.15, -0.1) is 0 Å². The van der Waals surface area contributed by atoms with Crippen molar-refractivity contribution in [3.63, 3.8) is 0 Å². The second-order valence-corrected chi connectivity index (χ2v) is 4.02. The summed E-state index contributed by atoms with van der Waals surface area (Å²) in [6, 6.07) is -0.325. The second kappa shape index (κ2) is 5.39. The summed E-state index contributed by atoms with van der Waals surface area (Å²) in [5, 5.41) is 9.41. The van der Waals surface area contributed by atoms with Gasteiger partial charge in [0.1, 0.15) is 10.8 Å². The van der Waals surface area contributed by atoms with Gasteiger partial charge in [-0.3, -0.25) is 4.79 Å². The topological polar surface area (TPSA) is 75.6 Å². The molecule has 2 rings (SSSR count). The molecule has 0 saturated carbocycles. The van der Waals surface area contributed by atoms with E-state index in [0.29, 0.717) is 19.8 Å². The molecule has 1 saturated heterocycles. The van der Waals surface area contributed by atoms with Crippen molar-refractivity contribution in [3.8, 4) is 0 Å². The molecule has 1 aliphatic heterocycles. The van der Waals surface area contributed by atoms with E-state index in [1.807, 2.05) is 0 Å². The number of carbonyl (C=O) groups excluding carboxylic acids is 1. The zero-order valence-corrected chi connectivity index (χ0v) is 9.80. The minimum Gasteiger partial charge on any atom is -0.394 e. The molecule has 2 heterocycles.